The summed E-state index contributed by atoms with van der Waals surface area (Å²) in [6.45, 7) is 16.5. The first kappa shape index (κ1) is 19.2. The summed E-state index contributed by atoms with van der Waals surface area (Å²) in [5.74, 6) is 0.958. The van der Waals surface area contributed by atoms with Gasteiger partial charge >= 0.3 is 0 Å². The molecule has 2 rings (SSSR count). The fourth-order valence-corrected chi connectivity index (χ4v) is 2.39. The number of furan rings is 1. The SMILES string of the molecule is CC.CC(C)(C)C1=CC(=Cc2ccco2)C=C(C(C)(C)C)C1=O. The van der Waals surface area contributed by atoms with Crippen molar-refractivity contribution in [2.75, 3.05) is 0 Å². The van der Waals surface area contributed by atoms with E-state index >= 15 is 0 Å². The van der Waals surface area contributed by atoms with Crippen molar-refractivity contribution in [2.24, 2.45) is 10.8 Å². The maximum absolute atomic E-state index is 12.8. The second-order valence-electron chi connectivity index (χ2n) is 7.60. The summed E-state index contributed by atoms with van der Waals surface area (Å²) >= 11 is 0. The van der Waals surface area contributed by atoms with E-state index in [1.807, 2.05) is 44.2 Å². The number of Topliss-reactive ketones (excluding diaryl/α,β-unsaturated/α-hetero) is 1. The van der Waals surface area contributed by atoms with Gasteiger partial charge in [-0.3, -0.25) is 4.79 Å². The molecule has 23 heavy (non-hydrogen) atoms. The van der Waals surface area contributed by atoms with E-state index in [9.17, 15) is 4.79 Å². The molecule has 1 aliphatic carbocycles. The van der Waals surface area contributed by atoms with Gasteiger partial charge in [-0.1, -0.05) is 55.4 Å². The van der Waals surface area contributed by atoms with Gasteiger partial charge in [-0.05, 0) is 46.8 Å². The van der Waals surface area contributed by atoms with E-state index in [4.69, 9.17) is 4.42 Å². The van der Waals surface area contributed by atoms with E-state index < -0.39 is 0 Å². The number of rotatable bonds is 1. The zero-order chi connectivity index (χ0) is 17.8. The van der Waals surface area contributed by atoms with Crippen LogP contribution in [0.4, 0.5) is 0 Å². The van der Waals surface area contributed by atoms with Crippen LogP contribution in [-0.2, 0) is 4.79 Å². The zero-order valence-electron chi connectivity index (χ0n) is 15.8. The van der Waals surface area contributed by atoms with Crippen LogP contribution >= 0.6 is 0 Å². The molecule has 0 bridgehead atoms. The summed E-state index contributed by atoms with van der Waals surface area (Å²) in [5.41, 5.74) is 2.37. The van der Waals surface area contributed by atoms with Crippen molar-refractivity contribution in [1.82, 2.24) is 0 Å². The van der Waals surface area contributed by atoms with Crippen LogP contribution in [0.1, 0.15) is 61.2 Å². The lowest BCUT2D eigenvalue weighted by Gasteiger charge is -2.31. The maximum atomic E-state index is 12.8. The standard InChI is InChI=1S/C19H24O2.C2H6/c1-18(2,3)15-11-13(10-14-8-7-9-21-14)12-16(17(15)20)19(4,5)6;1-2/h7-12H,1-6H3;1-2H3. The molecule has 0 saturated carbocycles. The third-order valence-electron chi connectivity index (χ3n) is 3.58. The molecule has 2 nitrogen and oxygen atoms in total. The normalized spacial score (nSPS) is 15.5. The van der Waals surface area contributed by atoms with Crippen molar-refractivity contribution in [3.8, 4) is 0 Å². The molecule has 0 fully saturated rings. The molecular weight excluding hydrogens is 284 g/mol. The van der Waals surface area contributed by atoms with Crippen molar-refractivity contribution in [2.45, 2.75) is 55.4 Å². The van der Waals surface area contributed by atoms with Gasteiger partial charge in [-0.25, -0.2) is 0 Å². The van der Waals surface area contributed by atoms with Crippen molar-refractivity contribution in [3.63, 3.8) is 0 Å². The van der Waals surface area contributed by atoms with Crippen LogP contribution in [0.15, 0.2) is 51.7 Å². The Bertz CT molecular complexity index is 588. The van der Waals surface area contributed by atoms with Crippen molar-refractivity contribution < 1.29 is 9.21 Å². The molecule has 0 amide bonds. The number of carbonyl (C=O) groups excluding carboxylic acids is 1. The molecule has 126 valence electrons. The second-order valence-corrected chi connectivity index (χ2v) is 7.60. The summed E-state index contributed by atoms with van der Waals surface area (Å²) in [7, 11) is 0. The Kier molecular flexibility index (Phi) is 5.98. The number of allylic oxidation sites excluding steroid dienone is 5. The van der Waals surface area contributed by atoms with E-state index in [1.165, 1.54) is 0 Å². The lowest BCUT2D eigenvalue weighted by molar-refractivity contribution is -0.114. The highest BCUT2D eigenvalue weighted by Gasteiger charge is 2.33. The van der Waals surface area contributed by atoms with Crippen molar-refractivity contribution >= 4 is 11.9 Å². The van der Waals surface area contributed by atoms with E-state index in [-0.39, 0.29) is 16.6 Å². The van der Waals surface area contributed by atoms with Gasteiger partial charge in [0.15, 0.2) is 5.78 Å². The predicted molar refractivity (Wildman–Crippen MR) is 98.1 cm³/mol. The quantitative estimate of drug-likeness (QED) is 0.616. The Morgan fingerprint density at radius 3 is 1.74 bits per heavy atom. The predicted octanol–water partition coefficient (Wildman–Crippen LogP) is 6.22. The monoisotopic (exact) mass is 314 g/mol. The van der Waals surface area contributed by atoms with Gasteiger partial charge in [0.05, 0.1) is 6.26 Å². The molecule has 0 saturated heterocycles. The van der Waals surface area contributed by atoms with Gasteiger partial charge < -0.3 is 4.42 Å². The molecule has 0 N–H and O–H groups in total. The fraction of sp³-hybridized carbons (Fsp3) is 0.476. The molecule has 2 heteroatoms. The average molecular weight is 314 g/mol. The Balaban J connectivity index is 0.00000127. The Morgan fingerprint density at radius 2 is 1.39 bits per heavy atom. The molecule has 0 spiro atoms. The molecule has 0 aliphatic heterocycles. The molecule has 1 heterocycles. The highest BCUT2D eigenvalue weighted by atomic mass is 16.3. The maximum Gasteiger partial charge on any atom is 0.186 e. The summed E-state index contributed by atoms with van der Waals surface area (Å²) in [6.07, 6.45) is 7.60. The van der Waals surface area contributed by atoms with Gasteiger partial charge in [0.2, 0.25) is 0 Å². The van der Waals surface area contributed by atoms with Crippen LogP contribution in [-0.4, -0.2) is 5.78 Å². The summed E-state index contributed by atoms with van der Waals surface area (Å²) < 4.78 is 5.38. The van der Waals surface area contributed by atoms with Crippen LogP contribution < -0.4 is 0 Å². The van der Waals surface area contributed by atoms with Crippen LogP contribution in [0.2, 0.25) is 0 Å². The Morgan fingerprint density at radius 1 is 0.913 bits per heavy atom. The molecule has 0 unspecified atom stereocenters. The fourth-order valence-electron chi connectivity index (χ4n) is 2.39. The van der Waals surface area contributed by atoms with E-state index in [2.05, 4.69) is 41.5 Å². The first-order valence-corrected chi connectivity index (χ1v) is 8.33. The first-order valence-electron chi connectivity index (χ1n) is 8.33. The molecule has 0 radical (unpaired) electrons. The topological polar surface area (TPSA) is 30.2 Å². The summed E-state index contributed by atoms with van der Waals surface area (Å²) in [4.78, 5) is 12.8. The third-order valence-corrected chi connectivity index (χ3v) is 3.58. The van der Waals surface area contributed by atoms with Crippen molar-refractivity contribution in [1.29, 1.82) is 0 Å². The molecule has 0 aromatic carbocycles. The van der Waals surface area contributed by atoms with Crippen molar-refractivity contribution in [3.05, 3.63) is 53.0 Å². The molecule has 1 aromatic heterocycles. The summed E-state index contributed by atoms with van der Waals surface area (Å²) in [6, 6.07) is 3.78. The minimum atomic E-state index is -0.176. The van der Waals surface area contributed by atoms with E-state index in [0.29, 0.717) is 0 Å². The Labute approximate surface area is 141 Å². The third kappa shape index (κ3) is 4.82. The highest BCUT2D eigenvalue weighted by molar-refractivity contribution is 6.12. The van der Waals surface area contributed by atoms with E-state index in [0.717, 1.165) is 22.5 Å². The molecule has 0 atom stereocenters. The van der Waals surface area contributed by atoms with Gasteiger partial charge in [0.25, 0.3) is 0 Å². The highest BCUT2D eigenvalue weighted by Crippen LogP contribution is 2.39. The van der Waals surface area contributed by atoms with Gasteiger partial charge in [-0.15, -0.1) is 0 Å². The number of carbonyl (C=O) groups is 1. The minimum Gasteiger partial charge on any atom is -0.465 e. The smallest absolute Gasteiger partial charge is 0.186 e. The Hall–Kier alpha value is -1.83. The molecule has 1 aromatic rings. The number of ketones is 1. The van der Waals surface area contributed by atoms with Gasteiger partial charge in [-0.2, -0.15) is 0 Å². The first-order chi connectivity index (χ1) is 10.6. The number of hydrogen-bond donors (Lipinski definition) is 0. The number of hydrogen-bond acceptors (Lipinski definition) is 2. The van der Waals surface area contributed by atoms with Gasteiger partial charge in [0.1, 0.15) is 5.76 Å². The largest absolute Gasteiger partial charge is 0.465 e. The molecule has 1 aliphatic rings. The second kappa shape index (κ2) is 7.16. The molecular formula is C21H30O2. The van der Waals surface area contributed by atoms with E-state index in [1.54, 1.807) is 6.26 Å². The lowest BCUT2D eigenvalue weighted by Crippen LogP contribution is -2.27. The van der Waals surface area contributed by atoms with Crippen LogP contribution in [0.5, 0.6) is 0 Å². The zero-order valence-corrected chi connectivity index (χ0v) is 15.8. The van der Waals surface area contributed by atoms with Crippen LogP contribution in [0.25, 0.3) is 6.08 Å². The van der Waals surface area contributed by atoms with Crippen LogP contribution in [0.3, 0.4) is 0 Å². The summed E-state index contributed by atoms with van der Waals surface area (Å²) in [5, 5.41) is 0. The van der Waals surface area contributed by atoms with Crippen LogP contribution in [0, 0.1) is 10.8 Å². The average Bonchev–Trinajstić information content (AvgIpc) is 2.93. The van der Waals surface area contributed by atoms with Gasteiger partial charge in [0, 0.05) is 11.1 Å². The minimum absolute atomic E-state index is 0.159. The lowest BCUT2D eigenvalue weighted by atomic mass is 9.72.